The molecule has 0 amide bonds. The average Bonchev–Trinajstić information content (AvgIpc) is 3.08. The molecule has 1 atom stereocenters. The Labute approximate surface area is 125 Å². The Bertz CT molecular complexity index is 555. The van der Waals surface area contributed by atoms with Crippen molar-refractivity contribution in [3.8, 4) is 11.4 Å². The average molecular weight is 286 g/mol. The molecule has 0 unspecified atom stereocenters. The monoisotopic (exact) mass is 286 g/mol. The fourth-order valence-corrected chi connectivity index (χ4v) is 2.95. The van der Waals surface area contributed by atoms with Crippen LogP contribution in [0.3, 0.4) is 0 Å². The van der Waals surface area contributed by atoms with Gasteiger partial charge in [0.25, 0.3) is 0 Å². The summed E-state index contributed by atoms with van der Waals surface area (Å²) in [4.78, 5) is 7.30. The Morgan fingerprint density at radius 3 is 3.14 bits per heavy atom. The van der Waals surface area contributed by atoms with Crippen LogP contribution in [0.25, 0.3) is 11.4 Å². The lowest BCUT2D eigenvalue weighted by Crippen LogP contribution is -2.36. The number of aromatic nitrogens is 3. The zero-order valence-electron chi connectivity index (χ0n) is 12.5. The molecule has 3 heterocycles. The topological polar surface area (TPSA) is 54.0 Å². The SMILES string of the molecule is COCCN1CCC[C@@H](c2cccc(-c3ccn[nH]3)n2)C1. The first-order chi connectivity index (χ1) is 10.4. The molecule has 0 saturated carbocycles. The highest BCUT2D eigenvalue weighted by molar-refractivity contribution is 5.53. The largest absolute Gasteiger partial charge is 0.383 e. The number of aromatic amines is 1. The van der Waals surface area contributed by atoms with Gasteiger partial charge >= 0.3 is 0 Å². The number of rotatable bonds is 5. The zero-order chi connectivity index (χ0) is 14.5. The second-order valence-corrected chi connectivity index (χ2v) is 5.55. The summed E-state index contributed by atoms with van der Waals surface area (Å²) in [6.45, 7) is 4.05. The van der Waals surface area contributed by atoms with Gasteiger partial charge in [-0.2, -0.15) is 5.10 Å². The minimum atomic E-state index is 0.512. The number of hydrogen-bond donors (Lipinski definition) is 1. The molecule has 0 spiro atoms. The van der Waals surface area contributed by atoms with Crippen molar-refractivity contribution in [2.45, 2.75) is 18.8 Å². The van der Waals surface area contributed by atoms with Crippen LogP contribution < -0.4 is 0 Å². The lowest BCUT2D eigenvalue weighted by atomic mass is 9.94. The van der Waals surface area contributed by atoms with Gasteiger partial charge in [-0.3, -0.25) is 10.1 Å². The summed E-state index contributed by atoms with van der Waals surface area (Å²) in [5.41, 5.74) is 3.13. The first-order valence-electron chi connectivity index (χ1n) is 7.55. The van der Waals surface area contributed by atoms with Crippen LogP contribution in [-0.4, -0.2) is 53.4 Å². The van der Waals surface area contributed by atoms with E-state index in [-0.39, 0.29) is 0 Å². The standard InChI is InChI=1S/C16H22N4O/c1-21-11-10-20-9-3-4-13(12-20)14-5-2-6-15(18-14)16-7-8-17-19-16/h2,5-8,13H,3-4,9-12H2,1H3,(H,17,19)/t13-/m1/s1. The van der Waals surface area contributed by atoms with Gasteiger partial charge in [-0.15, -0.1) is 0 Å². The first kappa shape index (κ1) is 14.2. The fraction of sp³-hybridized carbons (Fsp3) is 0.500. The molecule has 0 radical (unpaired) electrons. The van der Waals surface area contributed by atoms with E-state index in [4.69, 9.17) is 9.72 Å². The van der Waals surface area contributed by atoms with Gasteiger partial charge in [-0.05, 0) is 37.6 Å². The normalized spacial score (nSPS) is 19.8. The summed E-state index contributed by atoms with van der Waals surface area (Å²) < 4.78 is 5.19. The number of hydrogen-bond acceptors (Lipinski definition) is 4. The highest BCUT2D eigenvalue weighted by atomic mass is 16.5. The summed E-state index contributed by atoms with van der Waals surface area (Å²) in [7, 11) is 1.76. The molecule has 0 bridgehead atoms. The van der Waals surface area contributed by atoms with E-state index in [0.29, 0.717) is 5.92 Å². The molecule has 112 valence electrons. The lowest BCUT2D eigenvalue weighted by molar-refractivity contribution is 0.127. The summed E-state index contributed by atoms with van der Waals surface area (Å²) in [6.07, 6.45) is 4.20. The smallest absolute Gasteiger partial charge is 0.0883 e. The number of methoxy groups -OCH3 is 1. The van der Waals surface area contributed by atoms with E-state index in [9.17, 15) is 0 Å². The number of pyridine rings is 1. The summed E-state index contributed by atoms with van der Waals surface area (Å²) in [5.74, 6) is 0.512. The van der Waals surface area contributed by atoms with Crippen LogP contribution >= 0.6 is 0 Å². The van der Waals surface area contributed by atoms with Crippen molar-refractivity contribution in [2.24, 2.45) is 0 Å². The third-order valence-corrected chi connectivity index (χ3v) is 4.08. The molecule has 1 N–H and O–H groups in total. The molecular weight excluding hydrogens is 264 g/mol. The summed E-state index contributed by atoms with van der Waals surface area (Å²) in [6, 6.07) is 8.22. The molecule has 0 aliphatic carbocycles. The number of ether oxygens (including phenoxy) is 1. The molecular formula is C16H22N4O. The van der Waals surface area contributed by atoms with Gasteiger partial charge in [0.1, 0.15) is 0 Å². The Morgan fingerprint density at radius 1 is 1.38 bits per heavy atom. The molecule has 5 nitrogen and oxygen atoms in total. The molecule has 5 heteroatoms. The van der Waals surface area contributed by atoms with Gasteiger partial charge in [0.05, 0.1) is 18.0 Å². The number of H-pyrrole nitrogens is 1. The van der Waals surface area contributed by atoms with Crippen LogP contribution in [0.1, 0.15) is 24.5 Å². The second-order valence-electron chi connectivity index (χ2n) is 5.55. The van der Waals surface area contributed by atoms with Crippen molar-refractivity contribution in [2.75, 3.05) is 33.4 Å². The first-order valence-corrected chi connectivity index (χ1v) is 7.55. The molecule has 3 rings (SSSR count). The molecule has 1 saturated heterocycles. The highest BCUT2D eigenvalue weighted by Crippen LogP contribution is 2.27. The maximum atomic E-state index is 5.19. The van der Waals surface area contributed by atoms with Crippen molar-refractivity contribution >= 4 is 0 Å². The lowest BCUT2D eigenvalue weighted by Gasteiger charge is -2.32. The Hall–Kier alpha value is -1.72. The van der Waals surface area contributed by atoms with E-state index in [1.165, 1.54) is 25.1 Å². The second kappa shape index (κ2) is 6.83. The predicted octanol–water partition coefficient (Wildman–Crippen LogP) is 2.30. The van der Waals surface area contributed by atoms with Crippen LogP contribution in [0.2, 0.25) is 0 Å². The number of likely N-dealkylation sites (tertiary alicyclic amines) is 1. The van der Waals surface area contributed by atoms with Crippen molar-refractivity contribution in [3.63, 3.8) is 0 Å². The third-order valence-electron chi connectivity index (χ3n) is 4.08. The van der Waals surface area contributed by atoms with Gasteiger partial charge in [-0.1, -0.05) is 6.07 Å². The van der Waals surface area contributed by atoms with Crippen LogP contribution in [0, 0.1) is 0 Å². The van der Waals surface area contributed by atoms with Crippen molar-refractivity contribution in [1.82, 2.24) is 20.1 Å². The molecule has 0 aromatic carbocycles. The molecule has 1 aliphatic heterocycles. The summed E-state index contributed by atoms with van der Waals surface area (Å²) in [5, 5.41) is 6.98. The van der Waals surface area contributed by atoms with Gasteiger partial charge in [0, 0.05) is 38.0 Å². The van der Waals surface area contributed by atoms with Crippen molar-refractivity contribution < 1.29 is 4.74 Å². The zero-order valence-corrected chi connectivity index (χ0v) is 12.5. The maximum Gasteiger partial charge on any atom is 0.0883 e. The molecule has 1 aliphatic rings. The van der Waals surface area contributed by atoms with Crippen LogP contribution in [-0.2, 0) is 4.74 Å². The number of nitrogens with zero attached hydrogens (tertiary/aromatic N) is 3. The predicted molar refractivity (Wildman–Crippen MR) is 82.1 cm³/mol. The number of piperidine rings is 1. The van der Waals surface area contributed by atoms with E-state index < -0.39 is 0 Å². The van der Waals surface area contributed by atoms with E-state index >= 15 is 0 Å². The van der Waals surface area contributed by atoms with Crippen molar-refractivity contribution in [1.29, 1.82) is 0 Å². The van der Waals surface area contributed by atoms with E-state index in [1.807, 2.05) is 12.1 Å². The van der Waals surface area contributed by atoms with Gasteiger partial charge in [0.15, 0.2) is 0 Å². The quantitative estimate of drug-likeness (QED) is 0.916. The molecule has 2 aromatic heterocycles. The van der Waals surface area contributed by atoms with E-state index in [0.717, 1.165) is 31.1 Å². The highest BCUT2D eigenvalue weighted by Gasteiger charge is 2.22. The fourth-order valence-electron chi connectivity index (χ4n) is 2.95. The summed E-state index contributed by atoms with van der Waals surface area (Å²) >= 11 is 0. The molecule has 1 fully saturated rings. The third kappa shape index (κ3) is 3.49. The minimum Gasteiger partial charge on any atom is -0.383 e. The minimum absolute atomic E-state index is 0.512. The Morgan fingerprint density at radius 2 is 2.33 bits per heavy atom. The number of nitrogens with one attached hydrogen (secondary N) is 1. The Balaban J connectivity index is 1.72. The molecule has 2 aromatic rings. The van der Waals surface area contributed by atoms with Gasteiger partial charge in [-0.25, -0.2) is 0 Å². The van der Waals surface area contributed by atoms with Gasteiger partial charge in [0.2, 0.25) is 0 Å². The maximum absolute atomic E-state index is 5.19. The van der Waals surface area contributed by atoms with Crippen LogP contribution in [0.4, 0.5) is 0 Å². The van der Waals surface area contributed by atoms with Crippen LogP contribution in [0.15, 0.2) is 30.5 Å². The van der Waals surface area contributed by atoms with E-state index in [2.05, 4.69) is 27.2 Å². The van der Waals surface area contributed by atoms with E-state index in [1.54, 1.807) is 13.3 Å². The van der Waals surface area contributed by atoms with Gasteiger partial charge < -0.3 is 9.64 Å². The molecule has 21 heavy (non-hydrogen) atoms. The van der Waals surface area contributed by atoms with Crippen LogP contribution in [0.5, 0.6) is 0 Å². The van der Waals surface area contributed by atoms with Crippen molar-refractivity contribution in [3.05, 3.63) is 36.2 Å². The Kier molecular flexibility index (Phi) is 4.62.